The highest BCUT2D eigenvalue weighted by molar-refractivity contribution is 7.17. The highest BCUT2D eigenvalue weighted by Gasteiger charge is 2.30. The lowest BCUT2D eigenvalue weighted by Gasteiger charge is -2.18. The van der Waals surface area contributed by atoms with Crippen LogP contribution in [0.4, 0.5) is 5.00 Å². The number of anilines is 1. The Morgan fingerprint density at radius 2 is 2.10 bits per heavy atom. The van der Waals surface area contributed by atoms with Gasteiger partial charge in [-0.2, -0.15) is 0 Å². The van der Waals surface area contributed by atoms with E-state index in [0.717, 1.165) is 29.7 Å². The molecule has 7 nitrogen and oxygen atoms in total. The summed E-state index contributed by atoms with van der Waals surface area (Å²) in [6.07, 6.45) is 3.37. The summed E-state index contributed by atoms with van der Waals surface area (Å²) in [5, 5.41) is 3.25. The van der Waals surface area contributed by atoms with Gasteiger partial charge in [-0.15, -0.1) is 11.3 Å². The van der Waals surface area contributed by atoms with E-state index in [1.165, 1.54) is 18.3 Å². The largest absolute Gasteiger partial charge is 0.462 e. The van der Waals surface area contributed by atoms with Gasteiger partial charge in [-0.3, -0.25) is 4.79 Å². The second kappa shape index (κ2) is 8.82. The minimum absolute atomic E-state index is 0.262. The van der Waals surface area contributed by atoms with Gasteiger partial charge in [-0.05, 0) is 56.7 Å². The van der Waals surface area contributed by atoms with Crippen LogP contribution >= 0.6 is 11.3 Å². The normalized spacial score (nSPS) is 16.6. The first-order chi connectivity index (χ1) is 13.8. The molecule has 3 rings (SSSR count). The summed E-state index contributed by atoms with van der Waals surface area (Å²) >= 11 is 1.41. The minimum atomic E-state index is -1.01. The topological polar surface area (TPSA) is 86.6 Å². The summed E-state index contributed by atoms with van der Waals surface area (Å²) in [6, 6.07) is 3.35. The van der Waals surface area contributed by atoms with Crippen LogP contribution in [0.2, 0.25) is 0 Å². The van der Waals surface area contributed by atoms with Gasteiger partial charge in [0.05, 0.1) is 12.2 Å². The molecule has 0 bridgehead atoms. The number of fused-ring (bicyclic) bond motifs is 1. The van der Waals surface area contributed by atoms with Crippen LogP contribution in [-0.2, 0) is 34.2 Å². The Morgan fingerprint density at radius 1 is 1.34 bits per heavy atom. The Kier molecular flexibility index (Phi) is 6.42. The molecule has 0 saturated heterocycles. The maximum Gasteiger partial charge on any atom is 0.355 e. The standard InChI is InChI=1S/C21H26N2O5S/c1-5-27-21(26)17-14-9-8-12(2)11-16(14)29-19(17)22-18(24)13(3)28-20(25)15-7-6-10-23(15)4/h6-7,10,12-13H,5,8-9,11H2,1-4H3,(H,22,24). The Hall–Kier alpha value is -2.61. The second-order valence-corrected chi connectivity index (χ2v) is 8.42. The molecule has 0 fully saturated rings. The predicted molar refractivity (Wildman–Crippen MR) is 110 cm³/mol. The molecule has 1 aliphatic carbocycles. The molecule has 1 aliphatic rings. The van der Waals surface area contributed by atoms with Gasteiger partial charge in [0, 0.05) is 18.1 Å². The van der Waals surface area contributed by atoms with Crippen LogP contribution in [-0.4, -0.2) is 35.1 Å². The molecule has 0 saturated carbocycles. The van der Waals surface area contributed by atoms with Crippen LogP contribution in [0.1, 0.15) is 58.5 Å². The molecule has 1 amide bonds. The third kappa shape index (κ3) is 4.53. The number of aryl methyl sites for hydroxylation is 1. The number of hydrogen-bond donors (Lipinski definition) is 1. The van der Waals surface area contributed by atoms with Crippen molar-refractivity contribution in [2.75, 3.05) is 11.9 Å². The molecule has 0 spiro atoms. The van der Waals surface area contributed by atoms with Crippen molar-refractivity contribution in [3.63, 3.8) is 0 Å². The number of esters is 2. The molecule has 2 heterocycles. The molecule has 2 aromatic rings. The number of hydrogen-bond acceptors (Lipinski definition) is 6. The van der Waals surface area contributed by atoms with E-state index >= 15 is 0 Å². The Labute approximate surface area is 174 Å². The van der Waals surface area contributed by atoms with Crippen molar-refractivity contribution in [2.24, 2.45) is 13.0 Å². The van der Waals surface area contributed by atoms with Gasteiger partial charge in [0.1, 0.15) is 10.7 Å². The van der Waals surface area contributed by atoms with Crippen molar-refractivity contribution in [2.45, 2.75) is 46.1 Å². The maximum atomic E-state index is 12.7. The second-order valence-electron chi connectivity index (χ2n) is 7.32. The number of nitrogens with zero attached hydrogens (tertiary/aromatic N) is 1. The van der Waals surface area contributed by atoms with Crippen molar-refractivity contribution in [3.8, 4) is 0 Å². The molecule has 0 aromatic carbocycles. The summed E-state index contributed by atoms with van der Waals surface area (Å²) in [7, 11) is 1.73. The lowest BCUT2D eigenvalue weighted by molar-refractivity contribution is -0.123. The highest BCUT2D eigenvalue weighted by Crippen LogP contribution is 2.40. The van der Waals surface area contributed by atoms with Crippen molar-refractivity contribution >= 4 is 34.2 Å². The zero-order chi connectivity index (χ0) is 21.1. The zero-order valence-corrected chi connectivity index (χ0v) is 17.9. The van der Waals surface area contributed by atoms with Gasteiger partial charge in [0.2, 0.25) is 0 Å². The number of aromatic nitrogens is 1. The molecule has 2 atom stereocenters. The number of thiophene rings is 1. The van der Waals surface area contributed by atoms with Gasteiger partial charge in [-0.1, -0.05) is 6.92 Å². The fourth-order valence-electron chi connectivity index (χ4n) is 3.42. The van der Waals surface area contributed by atoms with E-state index in [1.54, 1.807) is 36.9 Å². The molecular weight excluding hydrogens is 392 g/mol. The number of amides is 1. The Balaban J connectivity index is 1.78. The molecule has 1 N–H and O–H groups in total. The number of carbonyl (C=O) groups excluding carboxylic acids is 3. The summed E-state index contributed by atoms with van der Waals surface area (Å²) in [6.45, 7) is 5.70. The van der Waals surface area contributed by atoms with E-state index in [2.05, 4.69) is 12.2 Å². The Bertz CT molecular complexity index is 930. The number of rotatable bonds is 6. The lowest BCUT2D eigenvalue weighted by Crippen LogP contribution is -2.30. The van der Waals surface area contributed by atoms with Gasteiger partial charge in [0.25, 0.3) is 5.91 Å². The van der Waals surface area contributed by atoms with E-state index in [4.69, 9.17) is 9.47 Å². The lowest BCUT2D eigenvalue weighted by atomic mass is 9.88. The quantitative estimate of drug-likeness (QED) is 0.725. The molecule has 2 unspecified atom stereocenters. The molecule has 8 heteroatoms. The van der Waals surface area contributed by atoms with Crippen LogP contribution in [0.15, 0.2) is 18.3 Å². The molecular formula is C21H26N2O5S. The summed E-state index contributed by atoms with van der Waals surface area (Å²) in [4.78, 5) is 38.6. The van der Waals surface area contributed by atoms with Crippen molar-refractivity contribution in [1.82, 2.24) is 4.57 Å². The third-order valence-electron chi connectivity index (χ3n) is 5.03. The van der Waals surface area contributed by atoms with Crippen LogP contribution < -0.4 is 5.32 Å². The monoisotopic (exact) mass is 418 g/mol. The molecule has 156 valence electrons. The van der Waals surface area contributed by atoms with Crippen molar-refractivity contribution < 1.29 is 23.9 Å². The van der Waals surface area contributed by atoms with E-state index < -0.39 is 23.9 Å². The highest BCUT2D eigenvalue weighted by atomic mass is 32.1. The van der Waals surface area contributed by atoms with Gasteiger partial charge in [-0.25, -0.2) is 9.59 Å². The summed E-state index contributed by atoms with van der Waals surface area (Å²) in [5.74, 6) is -0.956. The van der Waals surface area contributed by atoms with E-state index in [0.29, 0.717) is 22.2 Å². The van der Waals surface area contributed by atoms with Crippen LogP contribution in [0.3, 0.4) is 0 Å². The van der Waals surface area contributed by atoms with Crippen LogP contribution in [0, 0.1) is 5.92 Å². The van der Waals surface area contributed by atoms with Gasteiger partial charge < -0.3 is 19.4 Å². The van der Waals surface area contributed by atoms with Crippen molar-refractivity contribution in [3.05, 3.63) is 40.0 Å². The first-order valence-electron chi connectivity index (χ1n) is 9.76. The Morgan fingerprint density at radius 3 is 2.76 bits per heavy atom. The summed E-state index contributed by atoms with van der Waals surface area (Å²) < 4.78 is 12.1. The predicted octanol–water partition coefficient (Wildman–Crippen LogP) is 3.57. The molecule has 29 heavy (non-hydrogen) atoms. The van der Waals surface area contributed by atoms with Crippen LogP contribution in [0.25, 0.3) is 0 Å². The average Bonchev–Trinajstić information content (AvgIpc) is 3.24. The van der Waals surface area contributed by atoms with Crippen molar-refractivity contribution in [1.29, 1.82) is 0 Å². The number of carbonyl (C=O) groups is 3. The fourth-order valence-corrected chi connectivity index (χ4v) is 4.82. The van der Waals surface area contributed by atoms with Gasteiger partial charge >= 0.3 is 11.9 Å². The molecule has 2 aromatic heterocycles. The average molecular weight is 419 g/mol. The van der Waals surface area contributed by atoms with E-state index in [-0.39, 0.29) is 6.61 Å². The van der Waals surface area contributed by atoms with E-state index in [1.807, 2.05) is 0 Å². The van der Waals surface area contributed by atoms with Gasteiger partial charge in [0.15, 0.2) is 6.10 Å². The first-order valence-corrected chi connectivity index (χ1v) is 10.6. The van der Waals surface area contributed by atoms with E-state index in [9.17, 15) is 14.4 Å². The molecule has 0 radical (unpaired) electrons. The minimum Gasteiger partial charge on any atom is -0.462 e. The third-order valence-corrected chi connectivity index (χ3v) is 6.20. The smallest absolute Gasteiger partial charge is 0.355 e. The fraction of sp³-hybridized carbons (Fsp3) is 0.476. The molecule has 0 aliphatic heterocycles. The maximum absolute atomic E-state index is 12.7. The van der Waals surface area contributed by atoms with Crippen LogP contribution in [0.5, 0.6) is 0 Å². The number of ether oxygens (including phenoxy) is 2. The first kappa shape index (κ1) is 21.1. The summed E-state index contributed by atoms with van der Waals surface area (Å²) in [5.41, 5.74) is 1.76. The SMILES string of the molecule is CCOC(=O)c1c(NC(=O)C(C)OC(=O)c2cccn2C)sc2c1CCC(C)C2. The zero-order valence-electron chi connectivity index (χ0n) is 17.1. The number of nitrogens with one attached hydrogen (secondary N) is 1.